The van der Waals surface area contributed by atoms with E-state index in [1.54, 1.807) is 26.8 Å². The molecule has 1 aromatic carbocycles. The van der Waals surface area contributed by atoms with Crippen molar-refractivity contribution in [3.63, 3.8) is 0 Å². The first-order chi connectivity index (χ1) is 7.97. The van der Waals surface area contributed by atoms with Gasteiger partial charge in [0.05, 0.1) is 0 Å². The highest BCUT2D eigenvalue weighted by Crippen LogP contribution is 2.08. The summed E-state index contributed by atoms with van der Waals surface area (Å²) in [7, 11) is 0. The van der Waals surface area contributed by atoms with Gasteiger partial charge in [-0.05, 0) is 32.4 Å². The molecule has 1 aromatic rings. The summed E-state index contributed by atoms with van der Waals surface area (Å²) in [6, 6.07) is 9.81. The number of hydrogen-bond acceptors (Lipinski definition) is 3. The lowest BCUT2D eigenvalue weighted by atomic mass is 10.2. The van der Waals surface area contributed by atoms with Crippen molar-refractivity contribution >= 4 is 12.2 Å². The molecule has 0 aliphatic carbocycles. The van der Waals surface area contributed by atoms with Crippen molar-refractivity contribution in [3.8, 4) is 0 Å². The van der Waals surface area contributed by atoms with E-state index >= 15 is 0 Å². The minimum Gasteiger partial charge on any atom is -0.430 e. The molecular weight excluding hydrogens is 216 g/mol. The molecule has 0 aromatic heterocycles. The van der Waals surface area contributed by atoms with Crippen LogP contribution in [0.4, 0.5) is 4.79 Å². The Hall–Kier alpha value is -1.77. The lowest BCUT2D eigenvalue weighted by molar-refractivity contribution is -0.00234. The van der Waals surface area contributed by atoms with Crippen LogP contribution in [0, 0.1) is 0 Å². The Bertz CT molecular complexity index is 374. The van der Waals surface area contributed by atoms with E-state index in [1.807, 2.05) is 36.4 Å². The highest BCUT2D eigenvalue weighted by Gasteiger charge is 2.16. The summed E-state index contributed by atoms with van der Waals surface area (Å²) >= 11 is 0. The number of rotatable bonds is 3. The number of carbonyl (C=O) groups excluding carboxylic acids is 1. The van der Waals surface area contributed by atoms with Crippen molar-refractivity contribution in [2.75, 3.05) is 6.61 Å². The van der Waals surface area contributed by atoms with Gasteiger partial charge in [-0.15, -0.1) is 0 Å². The summed E-state index contributed by atoms with van der Waals surface area (Å²) in [6.45, 7) is 5.61. The van der Waals surface area contributed by atoms with E-state index in [9.17, 15) is 4.79 Å². The molecule has 3 heteroatoms. The van der Waals surface area contributed by atoms with E-state index in [2.05, 4.69) is 0 Å². The third kappa shape index (κ3) is 6.40. The number of ether oxygens (including phenoxy) is 2. The average Bonchev–Trinajstić information content (AvgIpc) is 2.23. The first-order valence-electron chi connectivity index (χ1n) is 5.55. The van der Waals surface area contributed by atoms with E-state index in [4.69, 9.17) is 9.47 Å². The highest BCUT2D eigenvalue weighted by atomic mass is 16.7. The topological polar surface area (TPSA) is 35.5 Å². The monoisotopic (exact) mass is 234 g/mol. The van der Waals surface area contributed by atoms with Crippen LogP contribution in [0.25, 0.3) is 6.08 Å². The lowest BCUT2D eigenvalue weighted by Gasteiger charge is -2.18. The molecule has 0 atom stereocenters. The van der Waals surface area contributed by atoms with Crippen molar-refractivity contribution in [3.05, 3.63) is 42.0 Å². The van der Waals surface area contributed by atoms with Crippen LogP contribution in [0.5, 0.6) is 0 Å². The lowest BCUT2D eigenvalue weighted by Crippen LogP contribution is -2.24. The van der Waals surface area contributed by atoms with Gasteiger partial charge in [-0.2, -0.15) is 0 Å². The van der Waals surface area contributed by atoms with Gasteiger partial charge in [0.2, 0.25) is 0 Å². The maximum atomic E-state index is 11.2. The molecule has 0 aliphatic rings. The summed E-state index contributed by atoms with van der Waals surface area (Å²) in [5, 5.41) is 0. The van der Waals surface area contributed by atoms with Crippen LogP contribution in [0.1, 0.15) is 26.3 Å². The molecule has 0 N–H and O–H groups in total. The first kappa shape index (κ1) is 13.3. The molecule has 3 nitrogen and oxygen atoms in total. The minimum absolute atomic E-state index is 0.212. The SMILES string of the molecule is CC(C)(C)OC(=O)OCC=Cc1ccccc1. The fraction of sp³-hybridized carbons (Fsp3) is 0.357. The molecule has 1 rings (SSSR count). The molecule has 0 saturated heterocycles. The number of benzene rings is 1. The largest absolute Gasteiger partial charge is 0.509 e. The Morgan fingerprint density at radius 1 is 1.24 bits per heavy atom. The molecule has 0 spiro atoms. The highest BCUT2D eigenvalue weighted by molar-refractivity contribution is 5.60. The molecule has 0 bridgehead atoms. The van der Waals surface area contributed by atoms with Gasteiger partial charge in [0.25, 0.3) is 0 Å². The van der Waals surface area contributed by atoms with Crippen LogP contribution >= 0.6 is 0 Å². The predicted octanol–water partition coefficient (Wildman–Crippen LogP) is 3.65. The molecule has 92 valence electrons. The van der Waals surface area contributed by atoms with E-state index < -0.39 is 11.8 Å². The molecule has 17 heavy (non-hydrogen) atoms. The molecule has 0 saturated carbocycles. The molecular formula is C14H18O3. The Labute approximate surface area is 102 Å². The van der Waals surface area contributed by atoms with Gasteiger partial charge in [0.15, 0.2) is 0 Å². The summed E-state index contributed by atoms with van der Waals surface area (Å²) in [5.74, 6) is 0. The average molecular weight is 234 g/mol. The summed E-state index contributed by atoms with van der Waals surface area (Å²) in [6.07, 6.45) is 3.03. The fourth-order valence-electron chi connectivity index (χ4n) is 1.14. The number of carbonyl (C=O) groups is 1. The fourth-order valence-corrected chi connectivity index (χ4v) is 1.14. The van der Waals surface area contributed by atoms with Crippen molar-refractivity contribution < 1.29 is 14.3 Å². The maximum Gasteiger partial charge on any atom is 0.509 e. The molecule has 0 unspecified atom stereocenters. The minimum atomic E-state index is -0.643. The first-order valence-corrected chi connectivity index (χ1v) is 5.55. The zero-order valence-electron chi connectivity index (χ0n) is 10.5. The molecule has 0 aliphatic heterocycles. The van der Waals surface area contributed by atoms with E-state index in [1.165, 1.54) is 0 Å². The predicted molar refractivity (Wildman–Crippen MR) is 67.7 cm³/mol. The Balaban J connectivity index is 2.29. The van der Waals surface area contributed by atoms with Gasteiger partial charge in [0, 0.05) is 0 Å². The van der Waals surface area contributed by atoms with E-state index in [0.29, 0.717) is 0 Å². The third-order valence-corrected chi connectivity index (χ3v) is 1.80. The van der Waals surface area contributed by atoms with E-state index in [-0.39, 0.29) is 6.61 Å². The molecule has 0 radical (unpaired) electrons. The van der Waals surface area contributed by atoms with Crippen molar-refractivity contribution in [2.45, 2.75) is 26.4 Å². The van der Waals surface area contributed by atoms with Gasteiger partial charge in [-0.25, -0.2) is 4.79 Å². The normalized spacial score (nSPS) is 11.5. The van der Waals surface area contributed by atoms with Crippen LogP contribution in [-0.2, 0) is 9.47 Å². The van der Waals surface area contributed by atoms with Crippen LogP contribution in [0.15, 0.2) is 36.4 Å². The van der Waals surface area contributed by atoms with Crippen molar-refractivity contribution in [1.82, 2.24) is 0 Å². The zero-order chi connectivity index (χ0) is 12.7. The van der Waals surface area contributed by atoms with Crippen LogP contribution < -0.4 is 0 Å². The van der Waals surface area contributed by atoms with Gasteiger partial charge in [-0.3, -0.25) is 0 Å². The van der Waals surface area contributed by atoms with Gasteiger partial charge in [0.1, 0.15) is 12.2 Å². The summed E-state index contributed by atoms with van der Waals surface area (Å²) in [5.41, 5.74) is 0.556. The second kappa shape index (κ2) is 6.09. The standard InChI is InChI=1S/C14H18O3/c1-14(2,3)17-13(15)16-11-7-10-12-8-5-4-6-9-12/h4-10H,11H2,1-3H3. The van der Waals surface area contributed by atoms with Gasteiger partial charge < -0.3 is 9.47 Å². The second-order valence-corrected chi connectivity index (χ2v) is 4.59. The second-order valence-electron chi connectivity index (χ2n) is 4.59. The molecule has 0 amide bonds. The summed E-state index contributed by atoms with van der Waals surface area (Å²) in [4.78, 5) is 11.2. The van der Waals surface area contributed by atoms with Crippen molar-refractivity contribution in [1.29, 1.82) is 0 Å². The molecule has 0 fully saturated rings. The Morgan fingerprint density at radius 2 is 1.88 bits per heavy atom. The third-order valence-electron chi connectivity index (χ3n) is 1.80. The Morgan fingerprint density at radius 3 is 2.47 bits per heavy atom. The van der Waals surface area contributed by atoms with Crippen LogP contribution in [0.3, 0.4) is 0 Å². The zero-order valence-corrected chi connectivity index (χ0v) is 10.5. The quantitative estimate of drug-likeness (QED) is 0.749. The summed E-state index contributed by atoms with van der Waals surface area (Å²) < 4.78 is 9.89. The van der Waals surface area contributed by atoms with Gasteiger partial charge >= 0.3 is 6.16 Å². The van der Waals surface area contributed by atoms with Crippen LogP contribution in [0.2, 0.25) is 0 Å². The van der Waals surface area contributed by atoms with E-state index in [0.717, 1.165) is 5.56 Å². The maximum absolute atomic E-state index is 11.2. The van der Waals surface area contributed by atoms with Crippen molar-refractivity contribution in [2.24, 2.45) is 0 Å². The van der Waals surface area contributed by atoms with Gasteiger partial charge in [-0.1, -0.05) is 36.4 Å². The number of hydrogen-bond donors (Lipinski definition) is 0. The smallest absolute Gasteiger partial charge is 0.430 e. The Kier molecular flexibility index (Phi) is 4.76. The van der Waals surface area contributed by atoms with Crippen LogP contribution in [-0.4, -0.2) is 18.4 Å². The molecule has 0 heterocycles.